The summed E-state index contributed by atoms with van der Waals surface area (Å²) in [5, 5.41) is 2.44. The highest BCUT2D eigenvalue weighted by Crippen LogP contribution is 2.46. The minimum absolute atomic E-state index is 0.0208. The Balaban J connectivity index is 1.12. The molecule has 0 atom stereocenters. The number of nitrogens with zero attached hydrogens (tertiary/aromatic N) is 4. The molecule has 67 heavy (non-hydrogen) atoms. The molecule has 9 rings (SSSR count). The molecule has 2 aromatic heterocycles. The first-order valence-electron chi connectivity index (χ1n) is 24.0. The summed E-state index contributed by atoms with van der Waals surface area (Å²) in [6.45, 7) is 30.7. The number of anilines is 2. The largest absolute Gasteiger partial charge is 0.457 e. The maximum Gasteiger partial charge on any atom is 0.137 e. The predicted octanol–water partition coefficient (Wildman–Crippen LogP) is 16.4. The fraction of sp³-hybridized carbons (Fsp3) is 0.306. The van der Waals surface area contributed by atoms with Gasteiger partial charge in [0.15, 0.2) is 0 Å². The van der Waals surface area contributed by atoms with Gasteiger partial charge in [0.2, 0.25) is 0 Å². The molecule has 3 heterocycles. The second-order valence-corrected chi connectivity index (χ2v) is 22.8. The molecule has 1 aliphatic rings. The van der Waals surface area contributed by atoms with E-state index in [-0.39, 0.29) is 27.1 Å². The number of aromatic nitrogens is 2. The van der Waals surface area contributed by atoms with Crippen LogP contribution in [-0.2, 0) is 21.7 Å². The Morgan fingerprint density at radius 3 is 1.67 bits per heavy atom. The van der Waals surface area contributed by atoms with Crippen LogP contribution >= 0.6 is 0 Å². The second kappa shape index (κ2) is 16.6. The van der Waals surface area contributed by atoms with E-state index in [1.807, 2.05) is 6.20 Å². The third kappa shape index (κ3) is 8.66. The smallest absolute Gasteiger partial charge is 0.137 e. The summed E-state index contributed by atoms with van der Waals surface area (Å²) in [7, 11) is 0. The maximum absolute atomic E-state index is 6.99. The summed E-state index contributed by atoms with van der Waals surface area (Å²) in [5.41, 5.74) is 12.6. The molecule has 8 aromatic rings. The van der Waals surface area contributed by atoms with Crippen LogP contribution in [0.2, 0.25) is 0 Å². The number of ether oxygens (including phenoxy) is 1. The van der Waals surface area contributed by atoms with Crippen molar-refractivity contribution in [2.45, 2.75) is 112 Å². The van der Waals surface area contributed by atoms with E-state index in [2.05, 4.69) is 262 Å². The van der Waals surface area contributed by atoms with Crippen LogP contribution in [0.15, 0.2) is 170 Å². The lowest BCUT2D eigenvalue weighted by Crippen LogP contribution is -2.32. The van der Waals surface area contributed by atoms with Gasteiger partial charge in [0.05, 0.1) is 17.7 Å². The molecule has 0 fully saturated rings. The lowest BCUT2D eigenvalue weighted by molar-refractivity contribution is 0.480. The van der Waals surface area contributed by atoms with Crippen molar-refractivity contribution in [3.8, 4) is 17.3 Å². The van der Waals surface area contributed by atoms with E-state index < -0.39 is 0 Å². The number of fused-ring (bicyclic) bond motifs is 3. The van der Waals surface area contributed by atoms with Gasteiger partial charge in [-0.1, -0.05) is 181 Å². The van der Waals surface area contributed by atoms with Gasteiger partial charge in [-0.2, -0.15) is 0 Å². The highest BCUT2D eigenvalue weighted by molar-refractivity contribution is 6.11. The SMILES string of the molecule is CC(C)(C)C1=CN(c2cccc(Oc3cc(C(C)(C)C)c4c5ccccc5n(-c5cc(C(C)(C)C)ccn5)c4c3)c2)CN1c1cc(C(C)(C)c2ccccc2)cc(C(C)(C)c2ccccc2)c1. The zero-order valence-electron chi connectivity index (χ0n) is 42.0. The van der Waals surface area contributed by atoms with Gasteiger partial charge in [-0.05, 0) is 92.7 Å². The predicted molar refractivity (Wildman–Crippen MR) is 283 cm³/mol. The Hall–Kier alpha value is -6.59. The molecular weight excluding hydrogens is 817 g/mol. The number of benzene rings is 6. The first-order chi connectivity index (χ1) is 31.6. The molecule has 1 aliphatic heterocycles. The molecule has 0 spiro atoms. The number of allylic oxidation sites excluding steroid dienone is 1. The van der Waals surface area contributed by atoms with Crippen molar-refractivity contribution in [3.05, 3.63) is 203 Å². The van der Waals surface area contributed by atoms with Crippen molar-refractivity contribution >= 4 is 33.2 Å². The molecule has 342 valence electrons. The Kier molecular flexibility index (Phi) is 11.3. The fourth-order valence-corrected chi connectivity index (χ4v) is 9.83. The highest BCUT2D eigenvalue weighted by Gasteiger charge is 2.35. The fourth-order valence-electron chi connectivity index (χ4n) is 9.83. The summed E-state index contributed by atoms with van der Waals surface area (Å²) in [6, 6.07) is 55.2. The zero-order valence-corrected chi connectivity index (χ0v) is 42.0. The minimum atomic E-state index is -0.229. The average Bonchev–Trinajstić information content (AvgIpc) is 3.90. The van der Waals surface area contributed by atoms with Crippen LogP contribution in [-0.4, -0.2) is 16.2 Å². The van der Waals surface area contributed by atoms with Crippen LogP contribution in [0.3, 0.4) is 0 Å². The number of pyridine rings is 1. The third-order valence-corrected chi connectivity index (χ3v) is 14.1. The van der Waals surface area contributed by atoms with Crippen LogP contribution in [0.1, 0.15) is 123 Å². The van der Waals surface area contributed by atoms with Gasteiger partial charge in [-0.3, -0.25) is 4.57 Å². The van der Waals surface area contributed by atoms with E-state index in [1.165, 1.54) is 55.5 Å². The van der Waals surface area contributed by atoms with Crippen molar-refractivity contribution in [1.82, 2.24) is 9.55 Å². The van der Waals surface area contributed by atoms with Gasteiger partial charge in [-0.15, -0.1) is 0 Å². The molecule has 0 aliphatic carbocycles. The number of rotatable bonds is 9. The van der Waals surface area contributed by atoms with Crippen LogP contribution in [0, 0.1) is 5.41 Å². The Morgan fingerprint density at radius 2 is 1.07 bits per heavy atom. The molecule has 0 bridgehead atoms. The average molecular weight is 885 g/mol. The molecular formula is C62H68N4O. The monoisotopic (exact) mass is 885 g/mol. The zero-order chi connectivity index (χ0) is 47.7. The molecule has 0 radical (unpaired) electrons. The van der Waals surface area contributed by atoms with Gasteiger partial charge >= 0.3 is 0 Å². The normalized spacial score (nSPS) is 14.0. The van der Waals surface area contributed by atoms with Gasteiger partial charge < -0.3 is 14.5 Å². The number of hydrogen-bond acceptors (Lipinski definition) is 4. The molecule has 5 nitrogen and oxygen atoms in total. The highest BCUT2D eigenvalue weighted by atomic mass is 16.5. The van der Waals surface area contributed by atoms with Crippen LogP contribution in [0.4, 0.5) is 11.4 Å². The molecule has 0 unspecified atom stereocenters. The van der Waals surface area contributed by atoms with Gasteiger partial charge in [0.25, 0.3) is 0 Å². The van der Waals surface area contributed by atoms with Crippen LogP contribution in [0.5, 0.6) is 11.5 Å². The molecule has 5 heteroatoms. The lowest BCUT2D eigenvalue weighted by Gasteiger charge is -2.35. The third-order valence-electron chi connectivity index (χ3n) is 14.1. The van der Waals surface area contributed by atoms with Crippen molar-refractivity contribution < 1.29 is 4.74 Å². The van der Waals surface area contributed by atoms with Crippen LogP contribution < -0.4 is 14.5 Å². The van der Waals surface area contributed by atoms with Crippen molar-refractivity contribution in [3.63, 3.8) is 0 Å². The Labute approximate surface area is 399 Å². The Bertz CT molecular complexity index is 3060. The molecule has 0 saturated carbocycles. The summed E-state index contributed by atoms with van der Waals surface area (Å²) in [4.78, 5) is 9.87. The summed E-state index contributed by atoms with van der Waals surface area (Å²) < 4.78 is 9.31. The minimum Gasteiger partial charge on any atom is -0.457 e. The van der Waals surface area contributed by atoms with Gasteiger partial charge in [-0.25, -0.2) is 4.98 Å². The molecule has 0 N–H and O–H groups in total. The quantitative estimate of drug-likeness (QED) is 0.145. The van der Waals surface area contributed by atoms with E-state index >= 15 is 0 Å². The number of hydrogen-bond donors (Lipinski definition) is 0. The lowest BCUT2D eigenvalue weighted by atomic mass is 9.73. The number of para-hydroxylation sites is 1. The maximum atomic E-state index is 6.99. The summed E-state index contributed by atoms with van der Waals surface area (Å²) >= 11 is 0. The van der Waals surface area contributed by atoms with Crippen molar-refractivity contribution in [1.29, 1.82) is 0 Å². The Morgan fingerprint density at radius 1 is 0.463 bits per heavy atom. The van der Waals surface area contributed by atoms with Crippen molar-refractivity contribution in [2.24, 2.45) is 5.41 Å². The summed E-state index contributed by atoms with van der Waals surface area (Å²) in [6.07, 6.45) is 4.29. The van der Waals surface area contributed by atoms with E-state index in [0.717, 1.165) is 34.0 Å². The molecule has 6 aromatic carbocycles. The van der Waals surface area contributed by atoms with Crippen LogP contribution in [0.25, 0.3) is 27.6 Å². The molecule has 0 saturated heterocycles. The van der Waals surface area contributed by atoms with Gasteiger partial charge in [0.1, 0.15) is 17.3 Å². The first kappa shape index (κ1) is 45.6. The van der Waals surface area contributed by atoms with E-state index in [1.54, 1.807) is 0 Å². The van der Waals surface area contributed by atoms with E-state index in [0.29, 0.717) is 6.67 Å². The van der Waals surface area contributed by atoms with E-state index in [4.69, 9.17) is 9.72 Å². The van der Waals surface area contributed by atoms with Crippen molar-refractivity contribution in [2.75, 3.05) is 16.5 Å². The van der Waals surface area contributed by atoms with E-state index in [9.17, 15) is 0 Å². The topological polar surface area (TPSA) is 33.5 Å². The van der Waals surface area contributed by atoms with Gasteiger partial charge in [0, 0.05) is 68.6 Å². The summed E-state index contributed by atoms with van der Waals surface area (Å²) in [5.74, 6) is 2.49. The standard InChI is InChI=1S/C62H68N4O/c1-58(2,3)44-31-32-63-56(36-44)66-53-30-21-20-29-51(53)57-52(59(4,5)6)38-50(39-54(57)66)67-49-28-22-27-47(37-49)64-40-55(60(7,8)9)65(41-64)48-34-45(61(10,11)42-23-16-14-17-24-42)33-46(35-48)62(12,13)43-25-18-15-19-26-43/h14-40H,41H2,1-13H3. The molecule has 0 amide bonds. The second-order valence-electron chi connectivity index (χ2n) is 22.8. The first-order valence-corrected chi connectivity index (χ1v) is 24.0.